The molecule has 2 N–H and O–H groups in total. The Hall–Kier alpha value is -2.11. The van der Waals surface area contributed by atoms with Crippen LogP contribution in [-0.4, -0.2) is 23.0 Å². The fourth-order valence-corrected chi connectivity index (χ4v) is 1.49. The van der Waals surface area contributed by atoms with Crippen molar-refractivity contribution in [1.29, 1.82) is 0 Å². The number of benzene rings is 1. The minimum Gasteiger partial charge on any atom is -0.477 e. The molecule has 1 aromatic rings. The fourth-order valence-electron chi connectivity index (χ4n) is 1.49. The van der Waals surface area contributed by atoms with Crippen LogP contribution in [0.15, 0.2) is 30.3 Å². The van der Waals surface area contributed by atoms with Gasteiger partial charge in [-0.1, -0.05) is 43.7 Å². The smallest absolute Gasteiger partial charge is 0.410 e. The van der Waals surface area contributed by atoms with Crippen LogP contribution in [0.25, 0.3) is 0 Å². The number of alkyl carbamates (subject to hydrolysis) is 1. The Morgan fingerprint density at radius 3 is 2.53 bits per heavy atom. The Labute approximate surface area is 110 Å². The van der Waals surface area contributed by atoms with Crippen molar-refractivity contribution < 1.29 is 23.8 Å². The topological polar surface area (TPSA) is 75.6 Å². The lowest BCUT2D eigenvalue weighted by Crippen LogP contribution is -2.51. The summed E-state index contributed by atoms with van der Waals surface area (Å²) in [7, 11) is 0. The molecule has 0 aromatic heterocycles. The maximum absolute atomic E-state index is 13.9. The van der Waals surface area contributed by atoms with Crippen LogP contribution < -0.4 is 5.32 Å². The van der Waals surface area contributed by atoms with Gasteiger partial charge in [0, 0.05) is 6.42 Å². The van der Waals surface area contributed by atoms with Crippen LogP contribution in [-0.2, 0) is 16.1 Å². The first-order valence-electron chi connectivity index (χ1n) is 5.89. The van der Waals surface area contributed by atoms with Crippen molar-refractivity contribution in [3.05, 3.63) is 35.9 Å². The average Bonchev–Trinajstić information content (AvgIpc) is 2.37. The third kappa shape index (κ3) is 4.57. The number of carbonyl (C=O) groups excluding carboxylic acids is 1. The number of alkyl halides is 1. The highest BCUT2D eigenvalue weighted by Gasteiger charge is 2.40. The molecule has 0 aliphatic heterocycles. The first-order valence-corrected chi connectivity index (χ1v) is 5.89. The lowest BCUT2D eigenvalue weighted by molar-refractivity contribution is -0.153. The number of ether oxygens (including phenoxy) is 1. The van der Waals surface area contributed by atoms with Gasteiger partial charge in [-0.2, -0.15) is 0 Å². The van der Waals surface area contributed by atoms with Gasteiger partial charge in [0.15, 0.2) is 0 Å². The number of carboxylic acids is 1. The number of amides is 1. The Kier molecular flexibility index (Phi) is 5.29. The second kappa shape index (κ2) is 6.72. The number of aliphatic carboxylic acids is 1. The predicted molar refractivity (Wildman–Crippen MR) is 66.1 cm³/mol. The molecule has 1 aromatic carbocycles. The van der Waals surface area contributed by atoms with Crippen molar-refractivity contribution in [2.45, 2.75) is 32.2 Å². The van der Waals surface area contributed by atoms with E-state index >= 15 is 0 Å². The third-order valence-corrected chi connectivity index (χ3v) is 2.45. The van der Waals surface area contributed by atoms with Gasteiger partial charge in [-0.3, -0.25) is 5.32 Å². The van der Waals surface area contributed by atoms with Gasteiger partial charge in [0.2, 0.25) is 0 Å². The largest absolute Gasteiger partial charge is 0.477 e. The molecule has 0 unspecified atom stereocenters. The van der Waals surface area contributed by atoms with Crippen molar-refractivity contribution in [2.75, 3.05) is 0 Å². The summed E-state index contributed by atoms with van der Waals surface area (Å²) in [6.07, 6.45) is -1.13. The maximum atomic E-state index is 13.9. The van der Waals surface area contributed by atoms with E-state index in [2.05, 4.69) is 0 Å². The Bertz CT molecular complexity index is 438. The second-order valence-electron chi connectivity index (χ2n) is 4.04. The molecule has 6 heteroatoms. The zero-order valence-electron chi connectivity index (χ0n) is 10.6. The zero-order valence-corrected chi connectivity index (χ0v) is 10.6. The van der Waals surface area contributed by atoms with Gasteiger partial charge in [-0.15, -0.1) is 0 Å². The van der Waals surface area contributed by atoms with Crippen LogP contribution >= 0.6 is 0 Å². The molecule has 104 valence electrons. The number of hydrogen-bond acceptors (Lipinski definition) is 3. The first-order chi connectivity index (χ1) is 8.98. The van der Waals surface area contributed by atoms with Crippen molar-refractivity contribution in [2.24, 2.45) is 0 Å². The molecule has 0 fully saturated rings. The zero-order chi connectivity index (χ0) is 14.3. The number of rotatable bonds is 6. The predicted octanol–water partition coefficient (Wildman–Crippen LogP) is 2.46. The maximum Gasteiger partial charge on any atom is 0.410 e. The Morgan fingerprint density at radius 2 is 2.00 bits per heavy atom. The normalized spacial score (nSPS) is 13.4. The molecule has 0 saturated carbocycles. The Morgan fingerprint density at radius 1 is 1.37 bits per heavy atom. The second-order valence-corrected chi connectivity index (χ2v) is 4.04. The van der Waals surface area contributed by atoms with E-state index in [4.69, 9.17) is 9.84 Å². The van der Waals surface area contributed by atoms with Gasteiger partial charge in [0.1, 0.15) is 6.61 Å². The highest BCUT2D eigenvalue weighted by atomic mass is 19.1. The summed E-state index contributed by atoms with van der Waals surface area (Å²) in [4.78, 5) is 22.2. The summed E-state index contributed by atoms with van der Waals surface area (Å²) in [6.45, 7) is 1.57. The molecular weight excluding hydrogens is 253 g/mol. The van der Waals surface area contributed by atoms with E-state index in [0.717, 1.165) is 5.56 Å². The summed E-state index contributed by atoms with van der Waals surface area (Å²) in [5.41, 5.74) is 0.730. The summed E-state index contributed by atoms with van der Waals surface area (Å²) in [5, 5.41) is 10.5. The fraction of sp³-hybridized carbons (Fsp3) is 0.385. The summed E-state index contributed by atoms with van der Waals surface area (Å²) < 4.78 is 18.6. The molecule has 1 rings (SSSR count). The molecule has 0 heterocycles. The van der Waals surface area contributed by atoms with Gasteiger partial charge < -0.3 is 9.84 Å². The number of halogens is 1. The van der Waals surface area contributed by atoms with Gasteiger partial charge in [0.05, 0.1) is 0 Å². The quantitative estimate of drug-likeness (QED) is 0.778. The van der Waals surface area contributed by atoms with Crippen LogP contribution in [0.3, 0.4) is 0 Å². The van der Waals surface area contributed by atoms with Crippen molar-refractivity contribution in [1.82, 2.24) is 5.32 Å². The van der Waals surface area contributed by atoms with Crippen LogP contribution in [0.5, 0.6) is 0 Å². The molecule has 0 spiro atoms. The molecule has 19 heavy (non-hydrogen) atoms. The summed E-state index contributed by atoms with van der Waals surface area (Å²) in [5.74, 6) is -4.52. The molecule has 1 atom stereocenters. The van der Waals surface area contributed by atoms with E-state index in [9.17, 15) is 14.0 Å². The van der Waals surface area contributed by atoms with Crippen LogP contribution in [0.4, 0.5) is 9.18 Å². The number of hydrogen-bond donors (Lipinski definition) is 2. The Balaban J connectivity index is 2.52. The van der Waals surface area contributed by atoms with E-state index in [0.29, 0.717) is 0 Å². The van der Waals surface area contributed by atoms with Gasteiger partial charge in [0.25, 0.3) is 5.79 Å². The van der Waals surface area contributed by atoms with Gasteiger partial charge in [-0.05, 0) is 5.56 Å². The highest BCUT2D eigenvalue weighted by molar-refractivity contribution is 5.82. The molecule has 1 amide bonds. The van der Waals surface area contributed by atoms with Gasteiger partial charge in [-0.25, -0.2) is 14.0 Å². The van der Waals surface area contributed by atoms with Crippen LogP contribution in [0.1, 0.15) is 25.3 Å². The monoisotopic (exact) mass is 269 g/mol. The standard InChI is InChI=1S/C13H16FNO4/c1-2-8-13(14,11(16)17)15-12(18)19-9-10-6-4-3-5-7-10/h3-7H,2,8-9H2,1H3,(H,15,18)(H,16,17)/t13-/m1/s1. The summed E-state index contributed by atoms with van der Waals surface area (Å²) in [6, 6.07) is 8.81. The number of carboxylic acid groups (broad SMARTS) is 1. The molecule has 0 bridgehead atoms. The third-order valence-electron chi connectivity index (χ3n) is 2.45. The molecule has 0 radical (unpaired) electrons. The molecule has 0 saturated heterocycles. The number of nitrogens with one attached hydrogen (secondary N) is 1. The SMILES string of the molecule is CCC[C@@](F)(NC(=O)OCc1ccccc1)C(=O)O. The minimum absolute atomic E-state index is 0.0471. The first kappa shape index (κ1) is 14.9. The van der Waals surface area contributed by atoms with E-state index < -0.39 is 17.9 Å². The lowest BCUT2D eigenvalue weighted by atomic mass is 10.1. The van der Waals surface area contributed by atoms with Crippen LogP contribution in [0.2, 0.25) is 0 Å². The number of carbonyl (C=O) groups is 2. The minimum atomic E-state index is -2.79. The molecule has 0 aliphatic carbocycles. The van der Waals surface area contributed by atoms with E-state index in [1.165, 1.54) is 0 Å². The molecule has 0 aliphatic rings. The average molecular weight is 269 g/mol. The van der Waals surface area contributed by atoms with Crippen molar-refractivity contribution >= 4 is 12.1 Å². The lowest BCUT2D eigenvalue weighted by Gasteiger charge is -2.20. The molecule has 5 nitrogen and oxygen atoms in total. The van der Waals surface area contributed by atoms with E-state index in [1.54, 1.807) is 36.5 Å². The van der Waals surface area contributed by atoms with Crippen LogP contribution in [0, 0.1) is 0 Å². The van der Waals surface area contributed by atoms with E-state index in [-0.39, 0.29) is 19.4 Å². The van der Waals surface area contributed by atoms with E-state index in [1.807, 2.05) is 6.07 Å². The van der Waals surface area contributed by atoms with Crippen molar-refractivity contribution in [3.63, 3.8) is 0 Å². The highest BCUT2D eigenvalue weighted by Crippen LogP contribution is 2.15. The van der Waals surface area contributed by atoms with Gasteiger partial charge >= 0.3 is 12.1 Å². The molecular formula is C13H16FNO4. The summed E-state index contributed by atoms with van der Waals surface area (Å²) >= 11 is 0. The van der Waals surface area contributed by atoms with Crippen molar-refractivity contribution in [3.8, 4) is 0 Å².